The summed E-state index contributed by atoms with van der Waals surface area (Å²) in [5.74, 6) is 0.479. The summed E-state index contributed by atoms with van der Waals surface area (Å²) in [5.41, 5.74) is 6.07. The largest absolute Gasteiger partial charge is 0.353 e. The number of hydrogen-bond acceptors (Lipinski definition) is 0. The molecule has 4 aromatic rings. The van der Waals surface area contributed by atoms with E-state index in [1.807, 2.05) is 0 Å². The molecule has 106 valence electrons. The Balaban J connectivity index is 1.93. The van der Waals surface area contributed by atoms with Crippen molar-refractivity contribution in [1.82, 2.24) is 9.97 Å². The maximum absolute atomic E-state index is 3.61. The van der Waals surface area contributed by atoms with E-state index in [0.29, 0.717) is 5.92 Å². The Labute approximate surface area is 128 Å². The van der Waals surface area contributed by atoms with Gasteiger partial charge >= 0.3 is 0 Å². The van der Waals surface area contributed by atoms with E-state index in [4.69, 9.17) is 0 Å². The first-order valence-electron chi connectivity index (χ1n) is 7.73. The summed E-state index contributed by atoms with van der Waals surface area (Å²) in [6, 6.07) is 13.0. The van der Waals surface area contributed by atoms with E-state index in [2.05, 4.69) is 77.6 Å². The highest BCUT2D eigenvalue weighted by atomic mass is 14.8. The van der Waals surface area contributed by atoms with E-state index in [0.717, 1.165) is 0 Å². The SMILES string of the molecule is C[C@H]1C=Cc2[nH]c3c(ccc4c5ccccc5[nH]c43)c2C=C1. The van der Waals surface area contributed by atoms with Crippen molar-refractivity contribution in [3.63, 3.8) is 0 Å². The molecule has 0 unspecified atom stereocenters. The topological polar surface area (TPSA) is 31.6 Å². The van der Waals surface area contributed by atoms with Crippen molar-refractivity contribution < 1.29 is 0 Å². The summed E-state index contributed by atoms with van der Waals surface area (Å²) in [6.45, 7) is 2.21. The van der Waals surface area contributed by atoms with Crippen LogP contribution >= 0.6 is 0 Å². The molecule has 0 amide bonds. The van der Waals surface area contributed by atoms with Crippen LogP contribution in [-0.2, 0) is 0 Å². The molecule has 0 bridgehead atoms. The van der Waals surface area contributed by atoms with E-state index in [1.54, 1.807) is 0 Å². The molecule has 0 aliphatic heterocycles. The van der Waals surface area contributed by atoms with Crippen LogP contribution in [0.2, 0.25) is 0 Å². The first-order chi connectivity index (χ1) is 10.8. The molecule has 0 fully saturated rings. The monoisotopic (exact) mass is 284 g/mol. The Kier molecular flexibility index (Phi) is 2.23. The molecule has 1 aliphatic carbocycles. The minimum absolute atomic E-state index is 0.479. The van der Waals surface area contributed by atoms with Crippen LogP contribution in [0.25, 0.3) is 44.9 Å². The molecule has 2 aromatic heterocycles. The number of allylic oxidation sites excluding steroid dienone is 2. The van der Waals surface area contributed by atoms with Gasteiger partial charge in [0, 0.05) is 32.9 Å². The number of aromatic nitrogens is 2. The second-order valence-corrected chi connectivity index (χ2v) is 6.11. The van der Waals surface area contributed by atoms with Gasteiger partial charge in [0.25, 0.3) is 0 Å². The summed E-state index contributed by atoms with van der Waals surface area (Å²) in [5, 5.41) is 3.84. The summed E-state index contributed by atoms with van der Waals surface area (Å²) in [6.07, 6.45) is 8.94. The van der Waals surface area contributed by atoms with Crippen LogP contribution < -0.4 is 0 Å². The van der Waals surface area contributed by atoms with Crippen LogP contribution in [0.15, 0.2) is 48.6 Å². The quantitative estimate of drug-likeness (QED) is 0.428. The normalized spacial score (nSPS) is 17.4. The molecule has 2 heteroatoms. The molecule has 0 spiro atoms. The van der Waals surface area contributed by atoms with Gasteiger partial charge in [0.05, 0.1) is 11.0 Å². The fourth-order valence-corrected chi connectivity index (χ4v) is 3.49. The minimum atomic E-state index is 0.479. The lowest BCUT2D eigenvalue weighted by atomic mass is 10.1. The molecule has 5 rings (SSSR count). The number of aromatic amines is 2. The van der Waals surface area contributed by atoms with Gasteiger partial charge in [0.2, 0.25) is 0 Å². The van der Waals surface area contributed by atoms with E-state index < -0.39 is 0 Å². The van der Waals surface area contributed by atoms with Gasteiger partial charge in [-0.3, -0.25) is 0 Å². The van der Waals surface area contributed by atoms with Crippen molar-refractivity contribution in [2.24, 2.45) is 5.92 Å². The van der Waals surface area contributed by atoms with Crippen LogP contribution in [0.5, 0.6) is 0 Å². The number of fused-ring (bicyclic) bond motifs is 7. The van der Waals surface area contributed by atoms with E-state index in [1.165, 1.54) is 44.0 Å². The van der Waals surface area contributed by atoms with Gasteiger partial charge in [-0.1, -0.05) is 55.5 Å². The van der Waals surface area contributed by atoms with Gasteiger partial charge < -0.3 is 9.97 Å². The maximum Gasteiger partial charge on any atom is 0.0710 e. The van der Waals surface area contributed by atoms with E-state index in [9.17, 15) is 0 Å². The van der Waals surface area contributed by atoms with E-state index >= 15 is 0 Å². The Bertz CT molecular complexity index is 1090. The molecule has 2 N–H and O–H groups in total. The standard InChI is InChI=1S/C20H16N2/c1-12-6-8-14-16-10-9-15-13-4-2-3-5-17(13)21-19(15)20(16)22-18(14)11-7-12/h2-12,21-22H,1H3/t12-/m1/s1. The van der Waals surface area contributed by atoms with Crippen molar-refractivity contribution >= 4 is 44.9 Å². The van der Waals surface area contributed by atoms with Gasteiger partial charge in [-0.2, -0.15) is 0 Å². The molecule has 2 nitrogen and oxygen atoms in total. The Morgan fingerprint density at radius 1 is 0.773 bits per heavy atom. The Morgan fingerprint density at radius 2 is 1.55 bits per heavy atom. The summed E-state index contributed by atoms with van der Waals surface area (Å²) >= 11 is 0. The van der Waals surface area contributed by atoms with Crippen molar-refractivity contribution in [1.29, 1.82) is 0 Å². The fourth-order valence-electron chi connectivity index (χ4n) is 3.49. The molecule has 0 saturated carbocycles. The van der Waals surface area contributed by atoms with Crippen molar-refractivity contribution in [3.05, 3.63) is 59.8 Å². The van der Waals surface area contributed by atoms with Crippen LogP contribution in [-0.4, -0.2) is 9.97 Å². The number of benzene rings is 2. The summed E-state index contributed by atoms with van der Waals surface area (Å²) in [7, 11) is 0. The number of nitrogens with one attached hydrogen (secondary N) is 2. The average molecular weight is 284 g/mol. The zero-order chi connectivity index (χ0) is 14.7. The highest BCUT2D eigenvalue weighted by Crippen LogP contribution is 2.35. The molecule has 0 radical (unpaired) electrons. The second kappa shape index (κ2) is 4.14. The second-order valence-electron chi connectivity index (χ2n) is 6.11. The first kappa shape index (κ1) is 11.9. The Hall–Kier alpha value is -2.74. The molecule has 22 heavy (non-hydrogen) atoms. The van der Waals surface area contributed by atoms with Crippen LogP contribution in [0.4, 0.5) is 0 Å². The lowest BCUT2D eigenvalue weighted by molar-refractivity contribution is 0.953. The fraction of sp³-hybridized carbons (Fsp3) is 0.100. The minimum Gasteiger partial charge on any atom is -0.353 e. The van der Waals surface area contributed by atoms with Gasteiger partial charge in [0.1, 0.15) is 0 Å². The van der Waals surface area contributed by atoms with Gasteiger partial charge in [-0.25, -0.2) is 0 Å². The van der Waals surface area contributed by atoms with E-state index in [-0.39, 0.29) is 0 Å². The smallest absolute Gasteiger partial charge is 0.0710 e. The van der Waals surface area contributed by atoms with Crippen molar-refractivity contribution in [2.75, 3.05) is 0 Å². The maximum atomic E-state index is 3.61. The van der Waals surface area contributed by atoms with Crippen molar-refractivity contribution in [3.8, 4) is 0 Å². The molecule has 1 atom stereocenters. The van der Waals surface area contributed by atoms with Gasteiger partial charge in [-0.05, 0) is 18.1 Å². The number of para-hydroxylation sites is 1. The third-order valence-electron chi connectivity index (χ3n) is 4.66. The van der Waals surface area contributed by atoms with Crippen LogP contribution in [0, 0.1) is 5.92 Å². The van der Waals surface area contributed by atoms with Gasteiger partial charge in [0.15, 0.2) is 0 Å². The zero-order valence-corrected chi connectivity index (χ0v) is 12.4. The lowest BCUT2D eigenvalue weighted by Crippen LogP contribution is -1.79. The highest BCUT2D eigenvalue weighted by molar-refractivity contribution is 6.17. The summed E-state index contributed by atoms with van der Waals surface area (Å²) < 4.78 is 0. The predicted octanol–water partition coefficient (Wildman–Crippen LogP) is 5.48. The molecule has 2 aromatic carbocycles. The molecule has 1 aliphatic rings. The molecular weight excluding hydrogens is 268 g/mol. The molecule has 0 saturated heterocycles. The zero-order valence-electron chi connectivity index (χ0n) is 12.4. The van der Waals surface area contributed by atoms with Gasteiger partial charge in [-0.15, -0.1) is 0 Å². The third kappa shape index (κ3) is 1.49. The summed E-state index contributed by atoms with van der Waals surface area (Å²) in [4.78, 5) is 7.19. The predicted molar refractivity (Wildman–Crippen MR) is 94.9 cm³/mol. The lowest BCUT2D eigenvalue weighted by Gasteiger charge is -1.96. The van der Waals surface area contributed by atoms with Crippen molar-refractivity contribution in [2.45, 2.75) is 6.92 Å². The number of rotatable bonds is 0. The average Bonchev–Trinajstić information content (AvgIpc) is 3.03. The highest BCUT2D eigenvalue weighted by Gasteiger charge is 2.14. The first-order valence-corrected chi connectivity index (χ1v) is 7.73. The molecular formula is C20H16N2. The third-order valence-corrected chi connectivity index (χ3v) is 4.66. The number of hydrogen-bond donors (Lipinski definition) is 2. The van der Waals surface area contributed by atoms with Crippen LogP contribution in [0.3, 0.4) is 0 Å². The Morgan fingerprint density at radius 3 is 2.50 bits per heavy atom. The molecule has 2 heterocycles. The number of H-pyrrole nitrogens is 2. The van der Waals surface area contributed by atoms with Crippen LogP contribution in [0.1, 0.15) is 18.2 Å².